The number of rotatable bonds is 52. The summed E-state index contributed by atoms with van der Waals surface area (Å²) in [5.74, 6) is -0.106. The zero-order chi connectivity index (χ0) is 47.7. The van der Waals surface area contributed by atoms with E-state index in [1.165, 1.54) is 193 Å². The molecule has 0 aromatic carbocycles. The van der Waals surface area contributed by atoms with Crippen molar-refractivity contribution in [2.24, 2.45) is 0 Å². The summed E-state index contributed by atoms with van der Waals surface area (Å²) in [7, 11) is 0. The van der Waals surface area contributed by atoms with Crippen molar-refractivity contribution in [3.05, 3.63) is 85.1 Å². The molecule has 0 bridgehead atoms. The molecule has 4 nitrogen and oxygen atoms in total. The standard InChI is InChI=1S/C62H111NO3/c1-3-5-7-9-11-13-15-17-19-21-23-25-26-27-28-29-30-31-32-33-34-35-36-38-39-41-43-45-47-49-51-53-55-57-61(65)60(59-64)63-62(66)58-56-54-52-50-48-46-44-42-40-37-24-22-20-18-16-14-12-10-8-6-4-2/h6,8,12,14,18,20,24,37,42,44,48,50,55,57,60-61,64-65H,3-5,7,9-11,13,15-17,19,21-23,25-36,38-41,43,45-47,49,51-54,56,58-59H2,1-2H3,(H,63,66)/b8-6-,14-12-,20-18-,37-24-,44-42-,50-48-,57-55+. The van der Waals surface area contributed by atoms with E-state index in [-0.39, 0.29) is 12.5 Å². The van der Waals surface area contributed by atoms with E-state index in [9.17, 15) is 15.0 Å². The van der Waals surface area contributed by atoms with Crippen molar-refractivity contribution in [1.29, 1.82) is 0 Å². The van der Waals surface area contributed by atoms with Crippen molar-refractivity contribution < 1.29 is 15.0 Å². The summed E-state index contributed by atoms with van der Waals surface area (Å²) < 4.78 is 0. The summed E-state index contributed by atoms with van der Waals surface area (Å²) in [6.45, 7) is 4.19. The van der Waals surface area contributed by atoms with Gasteiger partial charge in [-0.3, -0.25) is 4.79 Å². The lowest BCUT2D eigenvalue weighted by atomic mass is 10.0. The van der Waals surface area contributed by atoms with Gasteiger partial charge in [0, 0.05) is 6.42 Å². The van der Waals surface area contributed by atoms with Gasteiger partial charge >= 0.3 is 0 Å². The second-order valence-electron chi connectivity index (χ2n) is 19.3. The maximum Gasteiger partial charge on any atom is 0.220 e. The van der Waals surface area contributed by atoms with Crippen molar-refractivity contribution in [1.82, 2.24) is 5.32 Å². The van der Waals surface area contributed by atoms with Gasteiger partial charge in [-0.05, 0) is 70.6 Å². The average Bonchev–Trinajstić information content (AvgIpc) is 3.32. The highest BCUT2D eigenvalue weighted by molar-refractivity contribution is 5.76. The first-order valence-electron chi connectivity index (χ1n) is 28.8. The van der Waals surface area contributed by atoms with E-state index in [1.54, 1.807) is 6.08 Å². The van der Waals surface area contributed by atoms with Crippen molar-refractivity contribution in [2.45, 2.75) is 296 Å². The van der Waals surface area contributed by atoms with Crippen LogP contribution in [-0.4, -0.2) is 34.9 Å². The molecule has 4 heteroatoms. The van der Waals surface area contributed by atoms with E-state index in [0.717, 1.165) is 70.6 Å². The Morgan fingerprint density at radius 1 is 0.379 bits per heavy atom. The van der Waals surface area contributed by atoms with Crippen LogP contribution >= 0.6 is 0 Å². The van der Waals surface area contributed by atoms with Gasteiger partial charge < -0.3 is 15.5 Å². The molecule has 66 heavy (non-hydrogen) atoms. The highest BCUT2D eigenvalue weighted by atomic mass is 16.3. The number of hydrogen-bond donors (Lipinski definition) is 3. The molecule has 0 aromatic rings. The van der Waals surface area contributed by atoms with E-state index >= 15 is 0 Å². The van der Waals surface area contributed by atoms with Crippen molar-refractivity contribution in [2.75, 3.05) is 6.61 Å². The van der Waals surface area contributed by atoms with Crippen LogP contribution in [-0.2, 0) is 4.79 Å². The minimum Gasteiger partial charge on any atom is -0.394 e. The minimum absolute atomic E-state index is 0.106. The quantitative estimate of drug-likeness (QED) is 0.0421. The van der Waals surface area contributed by atoms with E-state index < -0.39 is 12.1 Å². The lowest BCUT2D eigenvalue weighted by Gasteiger charge is -2.19. The van der Waals surface area contributed by atoms with Crippen molar-refractivity contribution in [3.63, 3.8) is 0 Å². The van der Waals surface area contributed by atoms with Crippen LogP contribution in [0, 0.1) is 0 Å². The number of hydrogen-bond acceptors (Lipinski definition) is 3. The Hall–Kier alpha value is -2.43. The summed E-state index contributed by atoms with van der Waals surface area (Å²) in [4.78, 5) is 12.4. The molecule has 0 heterocycles. The average molecular weight is 919 g/mol. The first-order chi connectivity index (χ1) is 32.7. The zero-order valence-electron chi connectivity index (χ0n) is 43.9. The molecular formula is C62H111NO3. The Kier molecular flexibility index (Phi) is 54.8. The van der Waals surface area contributed by atoms with Crippen molar-refractivity contribution in [3.8, 4) is 0 Å². The maximum atomic E-state index is 12.4. The van der Waals surface area contributed by atoms with Gasteiger partial charge in [0.15, 0.2) is 0 Å². The van der Waals surface area contributed by atoms with E-state index in [4.69, 9.17) is 0 Å². The third-order valence-electron chi connectivity index (χ3n) is 12.9. The van der Waals surface area contributed by atoms with Gasteiger partial charge in [-0.15, -0.1) is 0 Å². The Morgan fingerprint density at radius 3 is 1.00 bits per heavy atom. The molecule has 0 spiro atoms. The number of carbonyl (C=O) groups excluding carboxylic acids is 1. The third kappa shape index (κ3) is 52.5. The summed E-state index contributed by atoms with van der Waals surface area (Å²) in [6, 6.07) is -0.652. The molecule has 0 rings (SSSR count). The number of allylic oxidation sites excluding steroid dienone is 13. The van der Waals surface area contributed by atoms with Crippen LogP contribution < -0.4 is 5.32 Å². The Bertz CT molecular complexity index is 1180. The van der Waals surface area contributed by atoms with Gasteiger partial charge in [0.1, 0.15) is 0 Å². The fourth-order valence-electron chi connectivity index (χ4n) is 8.54. The molecule has 0 aromatic heterocycles. The lowest BCUT2D eigenvalue weighted by molar-refractivity contribution is -0.123. The molecule has 2 atom stereocenters. The summed E-state index contributed by atoms with van der Waals surface area (Å²) in [6.07, 6.45) is 83.3. The summed E-state index contributed by atoms with van der Waals surface area (Å²) >= 11 is 0. The van der Waals surface area contributed by atoms with Crippen LogP contribution in [0.3, 0.4) is 0 Å². The van der Waals surface area contributed by atoms with Gasteiger partial charge in [0.05, 0.1) is 18.8 Å². The van der Waals surface area contributed by atoms with Crippen LogP contribution in [0.1, 0.15) is 284 Å². The number of aliphatic hydroxyl groups excluding tert-OH is 2. The normalized spacial score (nSPS) is 13.5. The van der Waals surface area contributed by atoms with Gasteiger partial charge in [-0.2, -0.15) is 0 Å². The predicted molar refractivity (Wildman–Crippen MR) is 294 cm³/mol. The van der Waals surface area contributed by atoms with Gasteiger partial charge in [-0.25, -0.2) is 0 Å². The molecule has 0 saturated heterocycles. The molecule has 2 unspecified atom stereocenters. The third-order valence-corrected chi connectivity index (χ3v) is 12.9. The van der Waals surface area contributed by atoms with Crippen LogP contribution in [0.25, 0.3) is 0 Å². The highest BCUT2D eigenvalue weighted by Gasteiger charge is 2.17. The Morgan fingerprint density at radius 2 is 0.667 bits per heavy atom. The molecular weight excluding hydrogens is 807 g/mol. The zero-order valence-corrected chi connectivity index (χ0v) is 43.9. The first kappa shape index (κ1) is 63.6. The van der Waals surface area contributed by atoms with Crippen LogP contribution in [0.2, 0.25) is 0 Å². The SMILES string of the molecule is CC/C=C\C/C=C\C/C=C\C/C=C\C/C=C\C/C=C\CCCCC(=O)NC(CO)C(O)/C=C/CCCCCCCCCCCCCCCCCCCCCCCCCCCCCCCCC. The number of aliphatic hydroxyl groups is 2. The molecule has 3 N–H and O–H groups in total. The van der Waals surface area contributed by atoms with Crippen LogP contribution in [0.15, 0.2) is 85.1 Å². The number of nitrogens with one attached hydrogen (secondary N) is 1. The molecule has 0 aliphatic rings. The predicted octanol–water partition coefficient (Wildman–Crippen LogP) is 19.1. The molecule has 0 saturated carbocycles. The topological polar surface area (TPSA) is 69.6 Å². The maximum absolute atomic E-state index is 12.4. The van der Waals surface area contributed by atoms with E-state index in [0.29, 0.717) is 6.42 Å². The largest absolute Gasteiger partial charge is 0.394 e. The number of carbonyl (C=O) groups is 1. The molecule has 382 valence electrons. The molecule has 0 aliphatic heterocycles. The molecule has 1 amide bonds. The van der Waals surface area contributed by atoms with Crippen LogP contribution in [0.5, 0.6) is 0 Å². The fourth-order valence-corrected chi connectivity index (χ4v) is 8.54. The Balaban J connectivity index is 3.53. The Labute approximate surface area is 411 Å². The van der Waals surface area contributed by atoms with E-state index in [1.807, 2.05) is 6.08 Å². The molecule has 0 radical (unpaired) electrons. The second-order valence-corrected chi connectivity index (χ2v) is 19.3. The van der Waals surface area contributed by atoms with E-state index in [2.05, 4.69) is 92.1 Å². The summed E-state index contributed by atoms with van der Waals surface area (Å²) in [5, 5.41) is 23.1. The monoisotopic (exact) mass is 918 g/mol. The first-order valence-corrected chi connectivity index (χ1v) is 28.8. The summed E-state index contributed by atoms with van der Waals surface area (Å²) in [5.41, 5.74) is 0. The smallest absolute Gasteiger partial charge is 0.220 e. The van der Waals surface area contributed by atoms with Gasteiger partial charge in [0.2, 0.25) is 5.91 Å². The lowest BCUT2D eigenvalue weighted by Crippen LogP contribution is -2.45. The van der Waals surface area contributed by atoms with Gasteiger partial charge in [0.25, 0.3) is 0 Å². The van der Waals surface area contributed by atoms with Crippen molar-refractivity contribution >= 4 is 5.91 Å². The molecule has 0 fully saturated rings. The number of amides is 1. The highest BCUT2D eigenvalue weighted by Crippen LogP contribution is 2.17. The second kappa shape index (κ2) is 56.9. The van der Waals surface area contributed by atoms with Crippen LogP contribution in [0.4, 0.5) is 0 Å². The number of unbranched alkanes of at least 4 members (excludes halogenated alkanes) is 33. The molecule has 0 aliphatic carbocycles. The fraction of sp³-hybridized carbons (Fsp3) is 0.758. The van der Waals surface area contributed by atoms with Gasteiger partial charge in [-0.1, -0.05) is 292 Å². The minimum atomic E-state index is -0.865.